The maximum atomic E-state index is 12.3. The van der Waals surface area contributed by atoms with Crippen molar-refractivity contribution in [3.8, 4) is 0 Å². The molecule has 0 amide bonds. The molecule has 0 N–H and O–H groups in total. The average Bonchev–Trinajstić information content (AvgIpc) is 2.74. The van der Waals surface area contributed by atoms with Gasteiger partial charge in [0.25, 0.3) is 0 Å². The van der Waals surface area contributed by atoms with Gasteiger partial charge < -0.3 is 18.2 Å². The van der Waals surface area contributed by atoms with Crippen LogP contribution in [0.4, 0.5) is 0 Å². The molecule has 0 saturated carbocycles. The van der Waals surface area contributed by atoms with Crippen molar-refractivity contribution >= 4 is 7.60 Å². The molecule has 1 rings (SSSR count). The summed E-state index contributed by atoms with van der Waals surface area (Å²) >= 11 is 0. The third-order valence-electron chi connectivity index (χ3n) is 2.17. The lowest BCUT2D eigenvalue weighted by atomic mass is 10.4. The van der Waals surface area contributed by atoms with E-state index < -0.39 is 7.60 Å². The van der Waals surface area contributed by atoms with Crippen LogP contribution in [0.1, 0.15) is 32.3 Å². The second-order valence-electron chi connectivity index (χ2n) is 3.61. The van der Waals surface area contributed by atoms with Gasteiger partial charge in [0, 0.05) is 6.61 Å². The largest absolute Gasteiger partial charge is 0.463 e. The van der Waals surface area contributed by atoms with E-state index in [9.17, 15) is 4.57 Å². The Bertz CT molecular complexity index is 378. The molecule has 0 saturated heterocycles. The van der Waals surface area contributed by atoms with Crippen molar-refractivity contribution in [3.63, 3.8) is 0 Å². The molecule has 104 valence electrons. The van der Waals surface area contributed by atoms with E-state index in [4.69, 9.17) is 18.2 Å². The molecular formula is C12H21O5P. The number of furan rings is 1. The summed E-state index contributed by atoms with van der Waals surface area (Å²) in [5.41, 5.74) is 0. The minimum Gasteiger partial charge on any atom is -0.463 e. The van der Waals surface area contributed by atoms with E-state index in [1.165, 1.54) is 0 Å². The second-order valence-corrected chi connectivity index (χ2v) is 5.66. The van der Waals surface area contributed by atoms with Crippen LogP contribution in [0.3, 0.4) is 0 Å². The molecule has 5 nitrogen and oxygen atoms in total. The summed E-state index contributed by atoms with van der Waals surface area (Å²) in [7, 11) is -3.09. The van der Waals surface area contributed by atoms with Crippen molar-refractivity contribution in [2.75, 3.05) is 19.8 Å². The van der Waals surface area contributed by atoms with E-state index in [0.29, 0.717) is 37.9 Å². The van der Waals surface area contributed by atoms with Gasteiger partial charge in [-0.2, -0.15) is 0 Å². The zero-order valence-electron chi connectivity index (χ0n) is 11.2. The summed E-state index contributed by atoms with van der Waals surface area (Å²) in [6.07, 6.45) is 0.154. The fourth-order valence-electron chi connectivity index (χ4n) is 1.50. The molecule has 1 aromatic rings. The van der Waals surface area contributed by atoms with Gasteiger partial charge in [-0.3, -0.25) is 4.57 Å². The fraction of sp³-hybridized carbons (Fsp3) is 0.667. The maximum Gasteiger partial charge on any atom is 0.338 e. The SMILES string of the molecule is CCOCc1ccc(CP(=O)(OCC)OCC)o1. The molecular weight excluding hydrogens is 255 g/mol. The molecule has 0 aliphatic rings. The Kier molecular flexibility index (Phi) is 6.65. The minimum absolute atomic E-state index is 0.154. The molecule has 0 spiro atoms. The Morgan fingerprint density at radius 2 is 1.67 bits per heavy atom. The van der Waals surface area contributed by atoms with Crippen molar-refractivity contribution in [2.45, 2.75) is 33.5 Å². The first-order valence-electron chi connectivity index (χ1n) is 6.17. The van der Waals surface area contributed by atoms with Gasteiger partial charge in [0.05, 0.1) is 13.2 Å². The van der Waals surface area contributed by atoms with Crippen molar-refractivity contribution in [1.82, 2.24) is 0 Å². The zero-order valence-corrected chi connectivity index (χ0v) is 12.1. The smallest absolute Gasteiger partial charge is 0.338 e. The zero-order chi connectivity index (χ0) is 13.4. The highest BCUT2D eigenvalue weighted by atomic mass is 31.2. The first-order chi connectivity index (χ1) is 8.63. The first kappa shape index (κ1) is 15.4. The second kappa shape index (κ2) is 7.74. The molecule has 18 heavy (non-hydrogen) atoms. The van der Waals surface area contributed by atoms with Gasteiger partial charge >= 0.3 is 7.60 Å². The van der Waals surface area contributed by atoms with Crippen LogP contribution >= 0.6 is 7.60 Å². The van der Waals surface area contributed by atoms with Crippen molar-refractivity contribution in [3.05, 3.63) is 23.7 Å². The normalized spacial score (nSPS) is 11.9. The summed E-state index contributed by atoms with van der Waals surface area (Å²) < 4.78 is 33.4. The number of rotatable bonds is 9. The molecule has 0 unspecified atom stereocenters. The van der Waals surface area contributed by atoms with E-state index in [0.717, 1.165) is 0 Å². The van der Waals surface area contributed by atoms with E-state index in [-0.39, 0.29) is 6.16 Å². The molecule has 0 atom stereocenters. The molecule has 0 bridgehead atoms. The third-order valence-corrected chi connectivity index (χ3v) is 4.17. The van der Waals surface area contributed by atoms with Crippen LogP contribution in [-0.2, 0) is 31.1 Å². The van der Waals surface area contributed by atoms with E-state index in [2.05, 4.69) is 0 Å². The predicted octanol–water partition coefficient (Wildman–Crippen LogP) is 3.58. The number of ether oxygens (including phenoxy) is 1. The van der Waals surface area contributed by atoms with Crippen molar-refractivity contribution < 1.29 is 22.8 Å². The van der Waals surface area contributed by atoms with Crippen LogP contribution in [0.5, 0.6) is 0 Å². The van der Waals surface area contributed by atoms with Gasteiger partial charge in [-0.1, -0.05) is 0 Å². The van der Waals surface area contributed by atoms with Crippen LogP contribution < -0.4 is 0 Å². The van der Waals surface area contributed by atoms with Gasteiger partial charge in [-0.15, -0.1) is 0 Å². The lowest BCUT2D eigenvalue weighted by molar-refractivity contribution is 0.117. The Hall–Kier alpha value is -0.610. The lowest BCUT2D eigenvalue weighted by Gasteiger charge is -2.15. The van der Waals surface area contributed by atoms with E-state index in [1.54, 1.807) is 19.9 Å². The highest BCUT2D eigenvalue weighted by Gasteiger charge is 2.25. The fourth-order valence-corrected chi connectivity index (χ4v) is 3.10. The Morgan fingerprint density at radius 1 is 1.06 bits per heavy atom. The highest BCUT2D eigenvalue weighted by molar-refractivity contribution is 7.53. The molecule has 6 heteroatoms. The molecule has 1 heterocycles. The average molecular weight is 276 g/mol. The van der Waals surface area contributed by atoms with Gasteiger partial charge in [0.15, 0.2) is 0 Å². The Balaban J connectivity index is 2.63. The highest BCUT2D eigenvalue weighted by Crippen LogP contribution is 2.51. The van der Waals surface area contributed by atoms with Crippen LogP contribution in [0.15, 0.2) is 16.5 Å². The first-order valence-corrected chi connectivity index (χ1v) is 7.89. The number of hydrogen-bond donors (Lipinski definition) is 0. The van der Waals surface area contributed by atoms with Crippen molar-refractivity contribution in [1.29, 1.82) is 0 Å². The van der Waals surface area contributed by atoms with E-state index >= 15 is 0 Å². The van der Waals surface area contributed by atoms with Gasteiger partial charge in [-0.05, 0) is 32.9 Å². The summed E-state index contributed by atoms with van der Waals surface area (Å²) in [6.45, 7) is 7.24. The number of hydrogen-bond acceptors (Lipinski definition) is 5. The Morgan fingerprint density at radius 3 is 2.22 bits per heavy atom. The quantitative estimate of drug-likeness (QED) is 0.645. The molecule has 0 aliphatic carbocycles. The third kappa shape index (κ3) is 4.94. The van der Waals surface area contributed by atoms with Crippen LogP contribution in [0, 0.1) is 0 Å². The molecule has 0 aromatic carbocycles. The van der Waals surface area contributed by atoms with Crippen LogP contribution in [0.2, 0.25) is 0 Å². The standard InChI is InChI=1S/C12H21O5P/c1-4-14-9-11-7-8-12(17-11)10-18(13,15-5-2)16-6-3/h7-8H,4-6,9-10H2,1-3H3. The van der Waals surface area contributed by atoms with Crippen LogP contribution in [0.25, 0.3) is 0 Å². The van der Waals surface area contributed by atoms with Gasteiger partial charge in [0.1, 0.15) is 24.3 Å². The predicted molar refractivity (Wildman–Crippen MR) is 68.6 cm³/mol. The van der Waals surface area contributed by atoms with Crippen molar-refractivity contribution in [2.24, 2.45) is 0 Å². The topological polar surface area (TPSA) is 57.9 Å². The summed E-state index contributed by atoms with van der Waals surface area (Å²) in [5, 5.41) is 0. The summed E-state index contributed by atoms with van der Waals surface area (Å²) in [4.78, 5) is 0. The van der Waals surface area contributed by atoms with E-state index in [1.807, 2.05) is 13.0 Å². The maximum absolute atomic E-state index is 12.3. The molecule has 0 fully saturated rings. The molecule has 0 radical (unpaired) electrons. The minimum atomic E-state index is -3.09. The summed E-state index contributed by atoms with van der Waals surface area (Å²) in [5.74, 6) is 1.31. The molecule has 0 aliphatic heterocycles. The monoisotopic (exact) mass is 276 g/mol. The van der Waals surface area contributed by atoms with Gasteiger partial charge in [-0.25, -0.2) is 0 Å². The Labute approximate surface area is 108 Å². The molecule has 1 aromatic heterocycles. The summed E-state index contributed by atoms with van der Waals surface area (Å²) in [6, 6.07) is 3.59. The van der Waals surface area contributed by atoms with Crippen LogP contribution in [-0.4, -0.2) is 19.8 Å². The van der Waals surface area contributed by atoms with Gasteiger partial charge in [0.2, 0.25) is 0 Å². The lowest BCUT2D eigenvalue weighted by Crippen LogP contribution is -1.98.